The molecule has 2 atom stereocenters. The van der Waals surface area contributed by atoms with Crippen molar-refractivity contribution in [3.63, 3.8) is 0 Å². The molecule has 2 N–H and O–H groups in total. The minimum Gasteiger partial charge on any atom is -0.507 e. The van der Waals surface area contributed by atoms with Crippen LogP contribution in [0.2, 0.25) is 0 Å². The third-order valence-electron chi connectivity index (χ3n) is 13.2. The molecule has 0 heterocycles. The van der Waals surface area contributed by atoms with Gasteiger partial charge in [-0.25, -0.2) is 0 Å². The molecule has 0 amide bonds. The molecule has 1 unspecified atom stereocenters. The number of nitrogens with one attached hydrogen (secondary N) is 1. The fraction of sp³-hybridized carbons (Fsp3) is 0.117. The number of aromatic hydroxyl groups is 1. The molecule has 10 aromatic rings. The van der Waals surface area contributed by atoms with Crippen LogP contribution in [-0.4, -0.2) is 23.4 Å². The van der Waals surface area contributed by atoms with Gasteiger partial charge in [0.15, 0.2) is 0 Å². The van der Waals surface area contributed by atoms with Gasteiger partial charge in [0.05, 0.1) is 6.04 Å². The number of phenols is 1. The zero-order valence-electron chi connectivity index (χ0n) is 35.2. The lowest BCUT2D eigenvalue weighted by Gasteiger charge is -2.30. The SMILES string of the molecule is Oc1c(CNC2CCCC[C@H]2/N=C/c2cc(-c3c(-c4ccccc4)ccc4ccccc34)c3ccccc3c2)cc2ccccc2c1-c1c(-c2ccccc2)ccc2ccccc12. The minimum absolute atomic E-state index is 0.107. The Morgan fingerprint density at radius 3 is 1.62 bits per heavy atom. The number of rotatable bonds is 9. The van der Waals surface area contributed by atoms with Crippen molar-refractivity contribution in [1.29, 1.82) is 0 Å². The van der Waals surface area contributed by atoms with Crippen molar-refractivity contribution < 1.29 is 5.11 Å². The Morgan fingerprint density at radius 2 is 0.968 bits per heavy atom. The summed E-state index contributed by atoms with van der Waals surface area (Å²) in [6, 6.07) is 71.8. The number of aliphatic imine (C=N–C) groups is 1. The van der Waals surface area contributed by atoms with E-state index in [9.17, 15) is 5.11 Å². The van der Waals surface area contributed by atoms with Gasteiger partial charge >= 0.3 is 0 Å². The quantitative estimate of drug-likeness (QED) is 0.143. The zero-order valence-corrected chi connectivity index (χ0v) is 35.2. The Hall–Kier alpha value is -7.33. The molecule has 0 saturated heterocycles. The predicted molar refractivity (Wildman–Crippen MR) is 267 cm³/mol. The van der Waals surface area contributed by atoms with Gasteiger partial charge in [-0.3, -0.25) is 4.99 Å². The maximum absolute atomic E-state index is 12.5. The van der Waals surface area contributed by atoms with Crippen LogP contribution in [0.3, 0.4) is 0 Å². The van der Waals surface area contributed by atoms with Crippen molar-refractivity contribution >= 4 is 49.3 Å². The molecular formula is C60H48N2O. The molecule has 0 bridgehead atoms. The van der Waals surface area contributed by atoms with Crippen molar-refractivity contribution in [2.45, 2.75) is 44.3 Å². The number of nitrogens with zero attached hydrogens (tertiary/aromatic N) is 1. The Balaban J connectivity index is 0.956. The first-order valence-electron chi connectivity index (χ1n) is 22.4. The highest BCUT2D eigenvalue weighted by atomic mass is 16.3. The molecule has 1 fully saturated rings. The molecule has 0 spiro atoms. The number of phenolic OH excluding ortho intramolecular Hbond substituents is 1. The summed E-state index contributed by atoms with van der Waals surface area (Å²) in [6.45, 7) is 0.537. The van der Waals surface area contributed by atoms with E-state index in [1.807, 2.05) is 0 Å². The number of hydrogen-bond donors (Lipinski definition) is 2. The van der Waals surface area contributed by atoms with Crippen molar-refractivity contribution in [3.05, 3.63) is 211 Å². The van der Waals surface area contributed by atoms with Gasteiger partial charge in [-0.05, 0) is 113 Å². The van der Waals surface area contributed by atoms with E-state index < -0.39 is 0 Å². The van der Waals surface area contributed by atoms with Gasteiger partial charge in [0.2, 0.25) is 0 Å². The van der Waals surface area contributed by atoms with Crippen LogP contribution in [0.4, 0.5) is 0 Å². The van der Waals surface area contributed by atoms with E-state index in [0.29, 0.717) is 12.3 Å². The monoisotopic (exact) mass is 812 g/mol. The summed E-state index contributed by atoms with van der Waals surface area (Å²) in [5.41, 5.74) is 11.1. The van der Waals surface area contributed by atoms with E-state index in [4.69, 9.17) is 4.99 Å². The van der Waals surface area contributed by atoms with E-state index in [1.54, 1.807) is 0 Å². The van der Waals surface area contributed by atoms with Gasteiger partial charge in [0.25, 0.3) is 0 Å². The molecular weight excluding hydrogens is 765 g/mol. The van der Waals surface area contributed by atoms with E-state index in [-0.39, 0.29) is 12.1 Å². The summed E-state index contributed by atoms with van der Waals surface area (Å²) in [5, 5.41) is 25.8. The van der Waals surface area contributed by atoms with Crippen LogP contribution in [0.5, 0.6) is 5.75 Å². The Labute approximate surface area is 369 Å². The number of benzene rings is 10. The molecule has 3 nitrogen and oxygen atoms in total. The molecule has 1 aliphatic rings. The van der Waals surface area contributed by atoms with Crippen LogP contribution in [0.25, 0.3) is 87.6 Å². The third-order valence-corrected chi connectivity index (χ3v) is 13.2. The van der Waals surface area contributed by atoms with Crippen LogP contribution >= 0.6 is 0 Å². The van der Waals surface area contributed by atoms with Crippen molar-refractivity contribution in [1.82, 2.24) is 5.32 Å². The first kappa shape index (κ1) is 38.6. The molecule has 1 aliphatic carbocycles. The largest absolute Gasteiger partial charge is 0.507 e. The Kier molecular flexibility index (Phi) is 10.3. The highest BCUT2D eigenvalue weighted by Gasteiger charge is 2.26. The highest BCUT2D eigenvalue weighted by Crippen LogP contribution is 2.47. The maximum Gasteiger partial charge on any atom is 0.128 e. The first-order valence-corrected chi connectivity index (χ1v) is 22.4. The first-order chi connectivity index (χ1) is 31.2. The second-order valence-corrected chi connectivity index (χ2v) is 17.0. The second-order valence-electron chi connectivity index (χ2n) is 17.0. The molecule has 63 heavy (non-hydrogen) atoms. The molecule has 0 aromatic heterocycles. The normalized spacial score (nSPS) is 15.5. The summed E-state index contributed by atoms with van der Waals surface area (Å²) in [7, 11) is 0. The second kappa shape index (κ2) is 16.9. The van der Waals surface area contributed by atoms with Crippen molar-refractivity contribution in [2.24, 2.45) is 4.99 Å². The topological polar surface area (TPSA) is 44.6 Å². The summed E-state index contributed by atoms with van der Waals surface area (Å²) < 4.78 is 0. The van der Waals surface area contributed by atoms with Gasteiger partial charge in [-0.15, -0.1) is 0 Å². The van der Waals surface area contributed by atoms with Crippen LogP contribution in [-0.2, 0) is 6.54 Å². The zero-order chi connectivity index (χ0) is 42.1. The standard InChI is InChI=1S/C60H48N2O/c63-60-47(37-46-24-10-14-28-51(46)59(60)58-50-27-13-8-22-44(50)32-34-53(58)42-19-5-2-6-20-42)39-62-56-30-16-15-29-55(56)61-38-40-35-45-23-9-11-25-48(45)54(36-40)57-49-26-12-7-21-43(49)31-33-52(57)41-17-3-1-4-18-41/h1-14,17-28,31-38,55-56,62-63H,15-16,29-30,39H2/b61-38+/t55-,56?/m1/s1. The number of fused-ring (bicyclic) bond motifs is 4. The Morgan fingerprint density at radius 1 is 0.460 bits per heavy atom. The molecule has 0 radical (unpaired) electrons. The van der Waals surface area contributed by atoms with Crippen molar-refractivity contribution in [3.8, 4) is 50.3 Å². The van der Waals surface area contributed by atoms with Gasteiger partial charge < -0.3 is 10.4 Å². The van der Waals surface area contributed by atoms with Crippen molar-refractivity contribution in [2.75, 3.05) is 0 Å². The van der Waals surface area contributed by atoms with Gasteiger partial charge in [0.1, 0.15) is 5.75 Å². The predicted octanol–water partition coefficient (Wildman–Crippen LogP) is 15.2. The smallest absolute Gasteiger partial charge is 0.128 e. The van der Waals surface area contributed by atoms with Gasteiger partial charge in [-0.1, -0.05) is 195 Å². The molecule has 11 rings (SSSR count). The highest BCUT2D eigenvalue weighted by molar-refractivity contribution is 6.14. The Bertz CT molecular complexity index is 3320. The average molecular weight is 813 g/mol. The fourth-order valence-corrected chi connectivity index (χ4v) is 10.2. The number of hydrogen-bond acceptors (Lipinski definition) is 3. The summed E-state index contributed by atoms with van der Waals surface area (Å²) >= 11 is 0. The summed E-state index contributed by atoms with van der Waals surface area (Å²) in [5.74, 6) is 0.331. The average Bonchev–Trinajstić information content (AvgIpc) is 3.35. The summed E-state index contributed by atoms with van der Waals surface area (Å²) in [6.07, 6.45) is 6.46. The fourth-order valence-electron chi connectivity index (χ4n) is 10.2. The minimum atomic E-state index is 0.107. The summed E-state index contributed by atoms with van der Waals surface area (Å²) in [4.78, 5) is 5.40. The third kappa shape index (κ3) is 7.35. The van der Waals surface area contributed by atoms with Crippen LogP contribution in [0.15, 0.2) is 205 Å². The van der Waals surface area contributed by atoms with E-state index in [1.165, 1.54) is 43.8 Å². The van der Waals surface area contributed by atoms with Gasteiger partial charge in [0, 0.05) is 35.5 Å². The molecule has 0 aliphatic heterocycles. The molecule has 1 saturated carbocycles. The van der Waals surface area contributed by atoms with Crippen LogP contribution < -0.4 is 5.32 Å². The lowest BCUT2D eigenvalue weighted by molar-refractivity contribution is 0.327. The van der Waals surface area contributed by atoms with Gasteiger partial charge in [-0.2, -0.15) is 0 Å². The van der Waals surface area contributed by atoms with E-state index >= 15 is 0 Å². The van der Waals surface area contributed by atoms with Crippen LogP contribution in [0, 0.1) is 0 Å². The lowest BCUT2D eigenvalue weighted by atomic mass is 9.85. The molecule has 304 valence electrons. The maximum atomic E-state index is 12.5. The van der Waals surface area contributed by atoms with E-state index in [2.05, 4.69) is 212 Å². The molecule has 10 aromatic carbocycles. The van der Waals surface area contributed by atoms with Crippen LogP contribution in [0.1, 0.15) is 36.8 Å². The lowest BCUT2D eigenvalue weighted by Crippen LogP contribution is -2.40. The van der Waals surface area contributed by atoms with E-state index in [0.717, 1.165) is 80.6 Å². The molecule has 3 heteroatoms.